The Kier molecular flexibility index (Phi) is 3.62. The third kappa shape index (κ3) is 2.85. The van der Waals surface area contributed by atoms with Crippen LogP contribution in [0, 0.1) is 11.7 Å². The highest BCUT2D eigenvalue weighted by Crippen LogP contribution is 2.20. The molecule has 0 bridgehead atoms. The van der Waals surface area contributed by atoms with Gasteiger partial charge in [-0.2, -0.15) is 0 Å². The van der Waals surface area contributed by atoms with Gasteiger partial charge in [0.25, 0.3) is 0 Å². The second kappa shape index (κ2) is 5.16. The molecule has 2 rings (SSSR count). The van der Waals surface area contributed by atoms with Crippen molar-refractivity contribution in [3.63, 3.8) is 0 Å². The molecule has 0 aromatic heterocycles. The molecule has 0 saturated carbocycles. The van der Waals surface area contributed by atoms with Crippen LogP contribution in [0.4, 0.5) is 15.8 Å². The topological polar surface area (TPSA) is 47.3 Å². The van der Waals surface area contributed by atoms with E-state index in [9.17, 15) is 4.39 Å². The zero-order valence-electron chi connectivity index (χ0n) is 9.21. The third-order valence-electron chi connectivity index (χ3n) is 2.91. The van der Waals surface area contributed by atoms with Crippen molar-refractivity contribution in [3.05, 3.63) is 24.0 Å². The molecule has 0 aliphatic carbocycles. The molecule has 0 spiro atoms. The number of hydrogen-bond acceptors (Lipinski definition) is 3. The molecular formula is C12H17FN2O. The van der Waals surface area contributed by atoms with Gasteiger partial charge in [0.1, 0.15) is 5.82 Å². The van der Waals surface area contributed by atoms with E-state index in [1.165, 1.54) is 12.1 Å². The Balaban J connectivity index is 1.80. The number of nitrogens with one attached hydrogen (secondary N) is 1. The maximum atomic E-state index is 12.8. The first-order chi connectivity index (χ1) is 7.75. The molecule has 0 radical (unpaired) electrons. The predicted molar refractivity (Wildman–Crippen MR) is 62.8 cm³/mol. The van der Waals surface area contributed by atoms with Crippen LogP contribution in [0.1, 0.15) is 12.8 Å². The van der Waals surface area contributed by atoms with Crippen LogP contribution in [0.2, 0.25) is 0 Å². The molecular weight excluding hydrogens is 207 g/mol. The second-order valence-corrected chi connectivity index (χ2v) is 4.18. The van der Waals surface area contributed by atoms with Crippen molar-refractivity contribution in [1.29, 1.82) is 0 Å². The Morgan fingerprint density at radius 1 is 1.50 bits per heavy atom. The number of nitrogens with two attached hydrogens (primary N) is 1. The van der Waals surface area contributed by atoms with Gasteiger partial charge in [-0.25, -0.2) is 4.39 Å². The fraction of sp³-hybridized carbons (Fsp3) is 0.500. The highest BCUT2D eigenvalue weighted by Gasteiger charge is 2.14. The zero-order chi connectivity index (χ0) is 11.4. The van der Waals surface area contributed by atoms with E-state index in [4.69, 9.17) is 10.5 Å². The van der Waals surface area contributed by atoms with Crippen LogP contribution in [0.3, 0.4) is 0 Å². The molecule has 0 amide bonds. The Hall–Kier alpha value is -1.29. The number of anilines is 2. The van der Waals surface area contributed by atoms with Crippen LogP contribution >= 0.6 is 0 Å². The van der Waals surface area contributed by atoms with Gasteiger partial charge in [-0.15, -0.1) is 0 Å². The average molecular weight is 224 g/mol. The number of rotatable bonds is 4. The number of benzene rings is 1. The minimum atomic E-state index is -0.299. The van der Waals surface area contributed by atoms with Gasteiger partial charge in [-0.1, -0.05) is 0 Å². The molecule has 3 nitrogen and oxygen atoms in total. The van der Waals surface area contributed by atoms with Gasteiger partial charge in [0, 0.05) is 19.8 Å². The summed E-state index contributed by atoms with van der Waals surface area (Å²) in [5.74, 6) is 0.349. The van der Waals surface area contributed by atoms with Crippen molar-refractivity contribution >= 4 is 11.4 Å². The normalized spacial score (nSPS) is 19.9. The van der Waals surface area contributed by atoms with E-state index < -0.39 is 0 Å². The Morgan fingerprint density at radius 2 is 2.38 bits per heavy atom. The summed E-state index contributed by atoms with van der Waals surface area (Å²) in [5.41, 5.74) is 6.96. The lowest BCUT2D eigenvalue weighted by atomic mass is 10.1. The van der Waals surface area contributed by atoms with Crippen LogP contribution in [-0.4, -0.2) is 19.8 Å². The number of ether oxygens (including phenoxy) is 1. The summed E-state index contributed by atoms with van der Waals surface area (Å²) in [6.07, 6.45) is 2.21. The lowest BCUT2D eigenvalue weighted by Crippen LogP contribution is -2.10. The molecule has 1 aliphatic rings. The number of nitrogen functional groups attached to an aromatic ring is 1. The van der Waals surface area contributed by atoms with Gasteiger partial charge in [0.2, 0.25) is 0 Å². The largest absolute Gasteiger partial charge is 0.397 e. The van der Waals surface area contributed by atoms with Gasteiger partial charge in [-0.3, -0.25) is 0 Å². The zero-order valence-corrected chi connectivity index (χ0v) is 9.21. The highest BCUT2D eigenvalue weighted by molar-refractivity contribution is 5.65. The molecule has 1 unspecified atom stereocenters. The summed E-state index contributed by atoms with van der Waals surface area (Å²) in [4.78, 5) is 0. The first kappa shape index (κ1) is 11.2. The molecule has 1 aromatic carbocycles. The summed E-state index contributed by atoms with van der Waals surface area (Å²) in [7, 11) is 0. The molecule has 4 heteroatoms. The molecule has 1 heterocycles. The van der Waals surface area contributed by atoms with Gasteiger partial charge in [0.05, 0.1) is 11.4 Å². The van der Waals surface area contributed by atoms with Crippen molar-refractivity contribution in [2.45, 2.75) is 12.8 Å². The summed E-state index contributed by atoms with van der Waals surface area (Å²) in [6, 6.07) is 4.42. The minimum Gasteiger partial charge on any atom is -0.397 e. The molecule has 3 N–H and O–H groups in total. The van der Waals surface area contributed by atoms with E-state index in [0.29, 0.717) is 11.6 Å². The Labute approximate surface area is 94.8 Å². The fourth-order valence-electron chi connectivity index (χ4n) is 1.92. The average Bonchev–Trinajstić information content (AvgIpc) is 2.74. The second-order valence-electron chi connectivity index (χ2n) is 4.18. The van der Waals surface area contributed by atoms with Crippen molar-refractivity contribution in [3.8, 4) is 0 Å². The van der Waals surface area contributed by atoms with E-state index in [2.05, 4.69) is 5.32 Å². The van der Waals surface area contributed by atoms with Crippen LogP contribution < -0.4 is 11.1 Å². The van der Waals surface area contributed by atoms with Gasteiger partial charge >= 0.3 is 0 Å². The highest BCUT2D eigenvalue weighted by atomic mass is 19.1. The predicted octanol–water partition coefficient (Wildman–Crippen LogP) is 2.25. The summed E-state index contributed by atoms with van der Waals surface area (Å²) in [5, 5.41) is 3.22. The number of hydrogen-bond donors (Lipinski definition) is 2. The minimum absolute atomic E-state index is 0.299. The first-order valence-electron chi connectivity index (χ1n) is 5.62. The van der Waals surface area contributed by atoms with Gasteiger partial charge in [0.15, 0.2) is 0 Å². The van der Waals surface area contributed by atoms with Crippen molar-refractivity contribution in [2.24, 2.45) is 5.92 Å². The smallest absolute Gasteiger partial charge is 0.125 e. The number of halogens is 1. The monoisotopic (exact) mass is 224 g/mol. The van der Waals surface area contributed by atoms with Crippen LogP contribution in [0.5, 0.6) is 0 Å². The van der Waals surface area contributed by atoms with Crippen LogP contribution in [-0.2, 0) is 4.74 Å². The van der Waals surface area contributed by atoms with E-state index in [1.54, 1.807) is 6.07 Å². The SMILES string of the molecule is Nc1cc(F)ccc1NCCC1CCOC1. The Morgan fingerprint density at radius 3 is 3.06 bits per heavy atom. The van der Waals surface area contributed by atoms with Gasteiger partial charge in [-0.05, 0) is 37.0 Å². The lowest BCUT2D eigenvalue weighted by molar-refractivity contribution is 0.185. The van der Waals surface area contributed by atoms with Crippen molar-refractivity contribution < 1.29 is 9.13 Å². The molecule has 1 atom stereocenters. The van der Waals surface area contributed by atoms with Crippen LogP contribution in [0.25, 0.3) is 0 Å². The summed E-state index contributed by atoms with van der Waals surface area (Å²) in [6.45, 7) is 2.59. The van der Waals surface area contributed by atoms with Gasteiger partial charge < -0.3 is 15.8 Å². The fourth-order valence-corrected chi connectivity index (χ4v) is 1.92. The Bertz CT molecular complexity index is 351. The molecule has 1 aromatic rings. The molecule has 1 fully saturated rings. The van der Waals surface area contributed by atoms with E-state index in [-0.39, 0.29) is 5.82 Å². The molecule has 88 valence electrons. The summed E-state index contributed by atoms with van der Waals surface area (Å²) < 4.78 is 18.1. The quantitative estimate of drug-likeness (QED) is 0.771. The van der Waals surface area contributed by atoms with Crippen molar-refractivity contribution in [1.82, 2.24) is 0 Å². The molecule has 1 saturated heterocycles. The lowest BCUT2D eigenvalue weighted by Gasteiger charge is -2.11. The molecule has 16 heavy (non-hydrogen) atoms. The van der Waals surface area contributed by atoms with E-state index >= 15 is 0 Å². The maximum absolute atomic E-state index is 12.8. The third-order valence-corrected chi connectivity index (χ3v) is 2.91. The van der Waals surface area contributed by atoms with Crippen LogP contribution in [0.15, 0.2) is 18.2 Å². The summed E-state index contributed by atoms with van der Waals surface area (Å²) >= 11 is 0. The maximum Gasteiger partial charge on any atom is 0.125 e. The first-order valence-corrected chi connectivity index (χ1v) is 5.62. The van der Waals surface area contributed by atoms with Crippen molar-refractivity contribution in [2.75, 3.05) is 30.8 Å². The van der Waals surface area contributed by atoms with E-state index in [0.717, 1.165) is 38.3 Å². The molecule has 1 aliphatic heterocycles. The van der Waals surface area contributed by atoms with E-state index in [1.807, 2.05) is 0 Å². The standard InChI is InChI=1S/C12H17FN2O/c13-10-1-2-12(11(14)7-10)15-5-3-9-4-6-16-8-9/h1-2,7,9,15H,3-6,8,14H2.